The van der Waals surface area contributed by atoms with Crippen LogP contribution in [0.2, 0.25) is 0 Å². The molecule has 0 spiro atoms. The van der Waals surface area contributed by atoms with Crippen LogP contribution in [0, 0.1) is 6.92 Å². The van der Waals surface area contributed by atoms with E-state index in [0.29, 0.717) is 29.2 Å². The number of carbonyl (C=O) groups excluding carboxylic acids is 2. The number of halogens is 3. The number of alkyl halides is 3. The molecule has 0 unspecified atom stereocenters. The first-order chi connectivity index (χ1) is 18.9. The highest BCUT2D eigenvalue weighted by Gasteiger charge is 2.38. The van der Waals surface area contributed by atoms with Gasteiger partial charge < -0.3 is 21.5 Å². The van der Waals surface area contributed by atoms with Crippen molar-refractivity contribution in [2.45, 2.75) is 26.1 Å². The molecule has 0 saturated heterocycles. The molecule has 0 aliphatic carbocycles. The standard InChI is InChI=1S/C26H25N5O2.C2HF3O2/c1-18-4-2-5-20(12-18)13-25(32)29-23-16-28-31(17-23)24-7-3-6-21(14-24)26(33)30-22-10-8-19(15-27)9-11-22;3-2(4,5)1(6)7/h2-12,14,16-17H,13,15,27H2,1H3,(H,29,32)(H,30,33);(H,6,7). The molecular weight excluding hydrogens is 527 g/mol. The number of carboxylic acids is 1. The van der Waals surface area contributed by atoms with Crippen LogP contribution < -0.4 is 16.4 Å². The second kappa shape index (κ2) is 13.2. The molecule has 1 aromatic heterocycles. The number of rotatable bonds is 7. The maximum Gasteiger partial charge on any atom is 0.490 e. The fourth-order valence-electron chi connectivity index (χ4n) is 3.46. The van der Waals surface area contributed by atoms with Crippen LogP contribution in [0.4, 0.5) is 24.5 Å². The number of nitrogens with two attached hydrogens (primary N) is 1. The Balaban J connectivity index is 0.000000559. The number of anilines is 2. The summed E-state index contributed by atoms with van der Waals surface area (Å²) in [6.07, 6.45) is -1.49. The number of carboxylic acid groups (broad SMARTS) is 1. The van der Waals surface area contributed by atoms with Gasteiger partial charge in [0.25, 0.3) is 5.91 Å². The summed E-state index contributed by atoms with van der Waals surface area (Å²) in [6.45, 7) is 2.45. The van der Waals surface area contributed by atoms with Gasteiger partial charge in [0.05, 0.1) is 30.2 Å². The zero-order chi connectivity index (χ0) is 29.3. The zero-order valence-electron chi connectivity index (χ0n) is 21.3. The fraction of sp³-hybridized carbons (Fsp3) is 0.143. The number of carbonyl (C=O) groups is 3. The van der Waals surface area contributed by atoms with E-state index in [1.54, 1.807) is 35.3 Å². The summed E-state index contributed by atoms with van der Waals surface area (Å²) in [6, 6.07) is 22.4. The highest BCUT2D eigenvalue weighted by atomic mass is 19.4. The van der Waals surface area contributed by atoms with Gasteiger partial charge in [0.1, 0.15) is 0 Å². The molecule has 1 heterocycles. The predicted octanol–water partition coefficient (Wildman–Crippen LogP) is 4.71. The number of amides is 2. The number of aromatic nitrogens is 2. The van der Waals surface area contributed by atoms with Gasteiger partial charge in [-0.25, -0.2) is 9.48 Å². The SMILES string of the molecule is Cc1cccc(CC(=O)Nc2cnn(-c3cccc(C(=O)Nc4ccc(CN)cc4)c3)c2)c1.O=C(O)C(F)(F)F. The monoisotopic (exact) mass is 553 g/mol. The number of aryl methyl sites for hydroxylation is 1. The third-order valence-electron chi connectivity index (χ3n) is 5.38. The largest absolute Gasteiger partial charge is 0.490 e. The van der Waals surface area contributed by atoms with Gasteiger partial charge in [0, 0.05) is 17.8 Å². The van der Waals surface area contributed by atoms with Crippen molar-refractivity contribution in [2.24, 2.45) is 5.73 Å². The van der Waals surface area contributed by atoms with Crippen molar-refractivity contribution in [3.63, 3.8) is 0 Å². The van der Waals surface area contributed by atoms with E-state index in [1.807, 2.05) is 61.5 Å². The van der Waals surface area contributed by atoms with Crippen LogP contribution in [-0.4, -0.2) is 38.8 Å². The van der Waals surface area contributed by atoms with Gasteiger partial charge in [-0.1, -0.05) is 48.0 Å². The molecule has 5 N–H and O–H groups in total. The Hall–Kier alpha value is -4.97. The molecule has 0 saturated carbocycles. The third kappa shape index (κ3) is 8.81. The lowest BCUT2D eigenvalue weighted by Gasteiger charge is -2.08. The van der Waals surface area contributed by atoms with Crippen molar-refractivity contribution in [3.8, 4) is 5.69 Å². The lowest BCUT2D eigenvalue weighted by Crippen LogP contribution is -2.21. The third-order valence-corrected chi connectivity index (χ3v) is 5.38. The second-order valence-electron chi connectivity index (χ2n) is 8.60. The Kier molecular flexibility index (Phi) is 9.76. The number of aliphatic carboxylic acids is 1. The molecule has 4 rings (SSSR count). The first-order valence-corrected chi connectivity index (χ1v) is 11.9. The zero-order valence-corrected chi connectivity index (χ0v) is 21.3. The van der Waals surface area contributed by atoms with Gasteiger partial charge in [-0.15, -0.1) is 0 Å². The van der Waals surface area contributed by atoms with Crippen molar-refractivity contribution in [1.82, 2.24) is 9.78 Å². The molecule has 208 valence electrons. The maximum absolute atomic E-state index is 12.7. The molecule has 12 heteroatoms. The molecule has 3 aromatic carbocycles. The predicted molar refractivity (Wildman–Crippen MR) is 143 cm³/mol. The van der Waals surface area contributed by atoms with Crippen LogP contribution >= 0.6 is 0 Å². The van der Waals surface area contributed by atoms with Crippen LogP contribution in [0.5, 0.6) is 0 Å². The number of hydrogen-bond donors (Lipinski definition) is 4. The van der Waals surface area contributed by atoms with Crippen molar-refractivity contribution in [2.75, 3.05) is 10.6 Å². The van der Waals surface area contributed by atoms with E-state index in [0.717, 1.165) is 16.7 Å². The van der Waals surface area contributed by atoms with Crippen LogP contribution in [0.3, 0.4) is 0 Å². The molecule has 9 nitrogen and oxygen atoms in total. The summed E-state index contributed by atoms with van der Waals surface area (Å²) < 4.78 is 33.4. The van der Waals surface area contributed by atoms with Crippen LogP contribution in [0.1, 0.15) is 27.0 Å². The van der Waals surface area contributed by atoms with E-state index in [-0.39, 0.29) is 18.2 Å². The van der Waals surface area contributed by atoms with Crippen LogP contribution in [-0.2, 0) is 22.6 Å². The quantitative estimate of drug-likeness (QED) is 0.262. The highest BCUT2D eigenvalue weighted by molar-refractivity contribution is 6.04. The van der Waals surface area contributed by atoms with Crippen molar-refractivity contribution >= 4 is 29.2 Å². The molecule has 0 aliphatic heterocycles. The van der Waals surface area contributed by atoms with Gasteiger partial charge in [0.2, 0.25) is 5.91 Å². The van der Waals surface area contributed by atoms with E-state index in [9.17, 15) is 22.8 Å². The van der Waals surface area contributed by atoms with E-state index in [2.05, 4.69) is 15.7 Å². The fourth-order valence-corrected chi connectivity index (χ4v) is 3.46. The minimum Gasteiger partial charge on any atom is -0.475 e. The van der Waals surface area contributed by atoms with Crippen LogP contribution in [0.25, 0.3) is 5.69 Å². The lowest BCUT2D eigenvalue weighted by atomic mass is 10.1. The first kappa shape index (κ1) is 29.6. The average Bonchev–Trinajstić information content (AvgIpc) is 3.37. The lowest BCUT2D eigenvalue weighted by molar-refractivity contribution is -0.192. The summed E-state index contributed by atoms with van der Waals surface area (Å²) in [5.74, 6) is -3.10. The maximum atomic E-state index is 12.7. The normalized spacial score (nSPS) is 10.7. The topological polar surface area (TPSA) is 139 Å². The molecule has 0 fully saturated rings. The summed E-state index contributed by atoms with van der Waals surface area (Å²) in [7, 11) is 0. The highest BCUT2D eigenvalue weighted by Crippen LogP contribution is 2.17. The Bertz CT molecular complexity index is 1480. The summed E-state index contributed by atoms with van der Waals surface area (Å²) in [5, 5.41) is 17.2. The summed E-state index contributed by atoms with van der Waals surface area (Å²) >= 11 is 0. The number of hydrogen-bond acceptors (Lipinski definition) is 5. The summed E-state index contributed by atoms with van der Waals surface area (Å²) in [5.41, 5.74) is 11.2. The van der Waals surface area contributed by atoms with Gasteiger partial charge >= 0.3 is 12.1 Å². The van der Waals surface area contributed by atoms with E-state index in [1.165, 1.54) is 0 Å². The molecule has 0 atom stereocenters. The summed E-state index contributed by atoms with van der Waals surface area (Å²) in [4.78, 5) is 34.0. The van der Waals surface area contributed by atoms with Gasteiger partial charge in [0.15, 0.2) is 0 Å². The van der Waals surface area contributed by atoms with Crippen molar-refractivity contribution in [3.05, 3.63) is 107 Å². The molecule has 0 radical (unpaired) electrons. The minimum atomic E-state index is -5.08. The number of benzene rings is 3. The molecule has 2 amide bonds. The molecule has 0 aliphatic rings. The van der Waals surface area contributed by atoms with E-state index < -0.39 is 12.1 Å². The smallest absolute Gasteiger partial charge is 0.475 e. The molecular formula is C28H26F3N5O4. The van der Waals surface area contributed by atoms with Crippen LogP contribution in [0.15, 0.2) is 85.2 Å². The van der Waals surface area contributed by atoms with E-state index in [4.69, 9.17) is 15.6 Å². The second-order valence-corrected chi connectivity index (χ2v) is 8.60. The Morgan fingerprint density at radius 2 is 1.60 bits per heavy atom. The van der Waals surface area contributed by atoms with Crippen molar-refractivity contribution in [1.29, 1.82) is 0 Å². The van der Waals surface area contributed by atoms with Crippen molar-refractivity contribution < 1.29 is 32.7 Å². The van der Waals surface area contributed by atoms with Gasteiger partial charge in [-0.2, -0.15) is 18.3 Å². The number of nitrogens with zero attached hydrogens (tertiary/aromatic N) is 2. The van der Waals surface area contributed by atoms with Gasteiger partial charge in [-0.3, -0.25) is 9.59 Å². The Morgan fingerprint density at radius 1 is 0.925 bits per heavy atom. The molecule has 40 heavy (non-hydrogen) atoms. The first-order valence-electron chi connectivity index (χ1n) is 11.9. The Morgan fingerprint density at radius 3 is 2.23 bits per heavy atom. The van der Waals surface area contributed by atoms with Gasteiger partial charge in [-0.05, 0) is 48.4 Å². The number of nitrogens with one attached hydrogen (secondary N) is 2. The minimum absolute atomic E-state index is 0.117. The van der Waals surface area contributed by atoms with E-state index >= 15 is 0 Å². The Labute approximate surface area is 227 Å². The average molecular weight is 554 g/mol. The molecule has 0 bridgehead atoms. The molecule has 4 aromatic rings.